The van der Waals surface area contributed by atoms with Crippen molar-refractivity contribution in [1.29, 1.82) is 0 Å². The molecule has 0 bridgehead atoms. The number of rotatable bonds is 9. The lowest BCUT2D eigenvalue weighted by atomic mass is 9.99. The summed E-state index contributed by atoms with van der Waals surface area (Å²) in [5, 5.41) is 21.6. The second kappa shape index (κ2) is 9.10. The van der Waals surface area contributed by atoms with Gasteiger partial charge >= 0.3 is 11.9 Å². The predicted octanol–water partition coefficient (Wildman–Crippen LogP) is 2.83. The molecule has 1 aromatic carbocycles. The lowest BCUT2D eigenvalue weighted by molar-refractivity contribution is -0.142. The molecule has 0 saturated heterocycles. The number of hydrogen-bond acceptors (Lipinski definition) is 4. The van der Waals surface area contributed by atoms with Crippen molar-refractivity contribution in [2.45, 2.75) is 38.8 Å². The van der Waals surface area contributed by atoms with Crippen molar-refractivity contribution < 1.29 is 19.8 Å². The van der Waals surface area contributed by atoms with Crippen LogP contribution in [0.5, 0.6) is 0 Å². The van der Waals surface area contributed by atoms with Crippen molar-refractivity contribution in [2.75, 3.05) is 0 Å². The average molecular weight is 356 g/mol. The number of nitrogens with one attached hydrogen (secondary N) is 1. The quantitative estimate of drug-likeness (QED) is 0.639. The molecule has 3 N–H and O–H groups in total. The minimum absolute atomic E-state index is 0.151. The minimum atomic E-state index is -1.06. The van der Waals surface area contributed by atoms with Crippen molar-refractivity contribution in [1.82, 2.24) is 10.3 Å². The fourth-order valence-electron chi connectivity index (χ4n) is 2.79. The number of hydrogen-bond donors (Lipinski definition) is 3. The zero-order chi connectivity index (χ0) is 19.1. The topological polar surface area (TPSA) is 99.5 Å². The van der Waals surface area contributed by atoms with Gasteiger partial charge in [-0.15, -0.1) is 0 Å². The van der Waals surface area contributed by atoms with Gasteiger partial charge in [0.05, 0.1) is 0 Å². The van der Waals surface area contributed by atoms with Crippen LogP contribution in [0.4, 0.5) is 0 Å². The third-order valence-corrected chi connectivity index (χ3v) is 4.11. The highest BCUT2D eigenvalue weighted by Gasteiger charge is 2.26. The normalized spacial score (nSPS) is 13.3. The van der Waals surface area contributed by atoms with E-state index in [4.69, 9.17) is 0 Å². The molecule has 6 nitrogen and oxygen atoms in total. The van der Waals surface area contributed by atoms with Crippen molar-refractivity contribution in [2.24, 2.45) is 5.92 Å². The Morgan fingerprint density at radius 1 is 0.923 bits per heavy atom. The molecule has 2 atom stereocenters. The number of pyridine rings is 1. The molecule has 6 heteroatoms. The van der Waals surface area contributed by atoms with Crippen LogP contribution in [0.2, 0.25) is 0 Å². The van der Waals surface area contributed by atoms with E-state index in [-0.39, 0.29) is 12.3 Å². The number of aliphatic carboxylic acids is 2. The zero-order valence-electron chi connectivity index (χ0n) is 14.9. The second-order valence-corrected chi connectivity index (χ2v) is 6.71. The Bertz CT molecular complexity index is 729. The van der Waals surface area contributed by atoms with Crippen LogP contribution in [0.25, 0.3) is 11.1 Å². The summed E-state index contributed by atoms with van der Waals surface area (Å²) in [5.74, 6) is -1.94. The van der Waals surface area contributed by atoms with Gasteiger partial charge in [0.25, 0.3) is 0 Å². The summed E-state index contributed by atoms with van der Waals surface area (Å²) in [6.07, 6.45) is 4.02. The largest absolute Gasteiger partial charge is 0.480 e. The first kappa shape index (κ1) is 19.6. The number of nitrogens with zero attached hydrogens (tertiary/aromatic N) is 1. The lowest BCUT2D eigenvalue weighted by Crippen LogP contribution is -2.48. The van der Waals surface area contributed by atoms with E-state index in [0.29, 0.717) is 6.42 Å². The molecule has 0 aliphatic rings. The van der Waals surface area contributed by atoms with Crippen molar-refractivity contribution in [3.63, 3.8) is 0 Å². The Morgan fingerprint density at radius 2 is 1.46 bits per heavy atom. The van der Waals surface area contributed by atoms with Crippen molar-refractivity contribution in [3.8, 4) is 11.1 Å². The first-order valence-electron chi connectivity index (χ1n) is 8.57. The van der Waals surface area contributed by atoms with Crippen LogP contribution in [0.1, 0.15) is 25.8 Å². The summed E-state index contributed by atoms with van der Waals surface area (Å²) in [6, 6.07) is 9.55. The second-order valence-electron chi connectivity index (χ2n) is 6.71. The average Bonchev–Trinajstić information content (AvgIpc) is 2.61. The maximum Gasteiger partial charge on any atom is 0.321 e. The van der Waals surface area contributed by atoms with Crippen LogP contribution in [0, 0.1) is 5.92 Å². The van der Waals surface area contributed by atoms with Gasteiger partial charge in [-0.25, -0.2) is 0 Å². The number of carboxylic acid groups (broad SMARTS) is 2. The molecule has 2 rings (SSSR count). The van der Waals surface area contributed by atoms with E-state index in [1.54, 1.807) is 12.4 Å². The van der Waals surface area contributed by atoms with E-state index in [0.717, 1.165) is 16.7 Å². The van der Waals surface area contributed by atoms with Gasteiger partial charge in [-0.2, -0.15) is 0 Å². The smallest absolute Gasteiger partial charge is 0.321 e. The molecule has 0 aliphatic carbocycles. The SMILES string of the molecule is CC(C)C[C@H](N[C@@H](Cc1ccc(-c2ccncc2)cc1)C(=O)O)C(=O)O. The summed E-state index contributed by atoms with van der Waals surface area (Å²) in [5.41, 5.74) is 2.87. The summed E-state index contributed by atoms with van der Waals surface area (Å²) in [7, 11) is 0. The lowest BCUT2D eigenvalue weighted by Gasteiger charge is -2.22. The first-order chi connectivity index (χ1) is 12.4. The van der Waals surface area contributed by atoms with Crippen LogP contribution >= 0.6 is 0 Å². The molecule has 0 radical (unpaired) electrons. The maximum absolute atomic E-state index is 11.6. The van der Waals surface area contributed by atoms with Crippen molar-refractivity contribution in [3.05, 3.63) is 54.4 Å². The van der Waals surface area contributed by atoms with Crippen LogP contribution in [-0.2, 0) is 16.0 Å². The molecule has 0 unspecified atom stereocenters. The van der Waals surface area contributed by atoms with Gasteiger partial charge in [-0.3, -0.25) is 19.9 Å². The van der Waals surface area contributed by atoms with Crippen LogP contribution in [0.3, 0.4) is 0 Å². The first-order valence-corrected chi connectivity index (χ1v) is 8.57. The number of carboxylic acids is 2. The fraction of sp³-hybridized carbons (Fsp3) is 0.350. The van der Waals surface area contributed by atoms with E-state index < -0.39 is 24.0 Å². The molecule has 0 amide bonds. The molecular formula is C20H24N2O4. The highest BCUT2D eigenvalue weighted by atomic mass is 16.4. The van der Waals surface area contributed by atoms with E-state index in [1.165, 1.54) is 0 Å². The van der Waals surface area contributed by atoms with Gasteiger partial charge in [-0.05, 0) is 47.6 Å². The Morgan fingerprint density at radius 3 is 1.96 bits per heavy atom. The highest BCUT2D eigenvalue weighted by Crippen LogP contribution is 2.19. The van der Waals surface area contributed by atoms with E-state index in [1.807, 2.05) is 50.2 Å². The molecule has 0 aliphatic heterocycles. The van der Waals surface area contributed by atoms with Crippen LogP contribution in [0.15, 0.2) is 48.8 Å². The van der Waals surface area contributed by atoms with E-state index in [2.05, 4.69) is 10.3 Å². The highest BCUT2D eigenvalue weighted by molar-refractivity contribution is 5.77. The molecule has 26 heavy (non-hydrogen) atoms. The zero-order valence-corrected chi connectivity index (χ0v) is 14.9. The fourth-order valence-corrected chi connectivity index (χ4v) is 2.79. The van der Waals surface area contributed by atoms with Gasteiger partial charge in [0.15, 0.2) is 0 Å². The van der Waals surface area contributed by atoms with Gasteiger partial charge in [-0.1, -0.05) is 38.1 Å². The molecule has 2 aromatic rings. The standard InChI is InChI=1S/C20H24N2O4/c1-13(2)11-17(19(23)24)22-18(20(25)26)12-14-3-5-15(6-4-14)16-7-9-21-10-8-16/h3-10,13,17-18,22H,11-12H2,1-2H3,(H,23,24)(H,25,26)/t17-,18-/m0/s1. The van der Waals surface area contributed by atoms with Gasteiger partial charge in [0, 0.05) is 12.4 Å². The molecular weight excluding hydrogens is 332 g/mol. The number of benzene rings is 1. The maximum atomic E-state index is 11.6. The molecule has 0 fully saturated rings. The van der Waals surface area contributed by atoms with E-state index >= 15 is 0 Å². The summed E-state index contributed by atoms with van der Waals surface area (Å²) < 4.78 is 0. The molecule has 0 spiro atoms. The minimum Gasteiger partial charge on any atom is -0.480 e. The van der Waals surface area contributed by atoms with Crippen LogP contribution in [-0.4, -0.2) is 39.2 Å². The summed E-state index contributed by atoms with van der Waals surface area (Å²) in [4.78, 5) is 26.9. The Balaban J connectivity index is 2.09. The Labute approximate surface area is 152 Å². The third kappa shape index (κ3) is 5.67. The molecule has 0 saturated carbocycles. The summed E-state index contributed by atoms with van der Waals surface area (Å²) >= 11 is 0. The van der Waals surface area contributed by atoms with E-state index in [9.17, 15) is 19.8 Å². The van der Waals surface area contributed by atoms with Gasteiger partial charge in [0.2, 0.25) is 0 Å². The predicted molar refractivity (Wildman–Crippen MR) is 98.8 cm³/mol. The van der Waals surface area contributed by atoms with Gasteiger partial charge in [0.1, 0.15) is 12.1 Å². The summed E-state index contributed by atoms with van der Waals surface area (Å²) in [6.45, 7) is 3.82. The van der Waals surface area contributed by atoms with Crippen molar-refractivity contribution >= 4 is 11.9 Å². The number of carbonyl (C=O) groups is 2. The van der Waals surface area contributed by atoms with Crippen LogP contribution < -0.4 is 5.32 Å². The third-order valence-electron chi connectivity index (χ3n) is 4.11. The monoisotopic (exact) mass is 356 g/mol. The molecule has 1 heterocycles. The molecule has 138 valence electrons. The van der Waals surface area contributed by atoms with Gasteiger partial charge < -0.3 is 10.2 Å². The molecule has 1 aromatic heterocycles. The Kier molecular flexibility index (Phi) is 6.86. The number of aromatic nitrogens is 1. The Hall–Kier alpha value is -2.73.